The van der Waals surface area contributed by atoms with Crippen LogP contribution in [0.2, 0.25) is 0 Å². The number of carbonyl (C=O) groups is 2. The zero-order valence-corrected chi connectivity index (χ0v) is 11.6. The highest BCUT2D eigenvalue weighted by Gasteiger charge is 2.23. The predicted octanol–water partition coefficient (Wildman–Crippen LogP) is 2.63. The molecule has 0 radical (unpaired) electrons. The van der Waals surface area contributed by atoms with Crippen molar-refractivity contribution in [3.05, 3.63) is 23.8 Å². The standard InChI is InChI=1S/C14H21NO4/c1-14(2,3)19-13(18)15-11(9-12(16)17)10-7-5-4-6-8-10/h4-5,7,11H,6,8-9H2,1-3H3,(H,15,18)(H,16,17). The fraction of sp³-hybridized carbons (Fsp3) is 0.571. The van der Waals surface area contributed by atoms with Gasteiger partial charge in [-0.2, -0.15) is 0 Å². The highest BCUT2D eigenvalue weighted by atomic mass is 16.6. The molecular formula is C14H21NO4. The van der Waals surface area contributed by atoms with Gasteiger partial charge in [-0.05, 0) is 39.2 Å². The minimum Gasteiger partial charge on any atom is -0.481 e. The van der Waals surface area contributed by atoms with Crippen LogP contribution in [0.25, 0.3) is 0 Å². The number of carbonyl (C=O) groups excluding carboxylic acids is 1. The van der Waals surface area contributed by atoms with Gasteiger partial charge in [-0.3, -0.25) is 4.79 Å². The Morgan fingerprint density at radius 2 is 2.16 bits per heavy atom. The van der Waals surface area contributed by atoms with Crippen molar-refractivity contribution < 1.29 is 19.4 Å². The van der Waals surface area contributed by atoms with E-state index in [0.29, 0.717) is 0 Å². The maximum atomic E-state index is 11.7. The van der Waals surface area contributed by atoms with Crippen LogP contribution < -0.4 is 5.32 Å². The molecule has 2 N–H and O–H groups in total. The Kier molecular flexibility index (Phi) is 5.15. The van der Waals surface area contributed by atoms with E-state index in [2.05, 4.69) is 5.32 Å². The van der Waals surface area contributed by atoms with Crippen molar-refractivity contribution in [1.82, 2.24) is 5.32 Å². The summed E-state index contributed by atoms with van der Waals surface area (Å²) in [7, 11) is 0. The van der Waals surface area contributed by atoms with Gasteiger partial charge in [0.05, 0.1) is 12.5 Å². The summed E-state index contributed by atoms with van der Waals surface area (Å²) in [5, 5.41) is 11.6. The first-order valence-electron chi connectivity index (χ1n) is 6.35. The van der Waals surface area contributed by atoms with E-state index < -0.39 is 23.7 Å². The van der Waals surface area contributed by atoms with E-state index >= 15 is 0 Å². The summed E-state index contributed by atoms with van der Waals surface area (Å²) in [6, 6.07) is -0.516. The van der Waals surface area contributed by atoms with Gasteiger partial charge in [0, 0.05) is 0 Å². The summed E-state index contributed by atoms with van der Waals surface area (Å²) in [4.78, 5) is 22.6. The summed E-state index contributed by atoms with van der Waals surface area (Å²) in [6.45, 7) is 5.30. The molecule has 0 saturated carbocycles. The van der Waals surface area contributed by atoms with Crippen LogP contribution in [0.4, 0.5) is 4.79 Å². The van der Waals surface area contributed by atoms with Crippen LogP contribution in [0, 0.1) is 0 Å². The lowest BCUT2D eigenvalue weighted by atomic mass is 9.96. The third kappa shape index (κ3) is 6.08. The molecule has 0 spiro atoms. The summed E-state index contributed by atoms with van der Waals surface area (Å²) in [5.74, 6) is -0.948. The monoisotopic (exact) mass is 267 g/mol. The molecule has 1 aliphatic carbocycles. The lowest BCUT2D eigenvalue weighted by molar-refractivity contribution is -0.137. The van der Waals surface area contributed by atoms with Crippen molar-refractivity contribution in [3.63, 3.8) is 0 Å². The molecule has 1 atom stereocenters. The number of carboxylic acids is 1. The van der Waals surface area contributed by atoms with Crippen LogP contribution in [-0.2, 0) is 9.53 Å². The van der Waals surface area contributed by atoms with E-state index in [1.54, 1.807) is 20.8 Å². The van der Waals surface area contributed by atoms with E-state index in [9.17, 15) is 9.59 Å². The Labute approximate surface area is 113 Å². The number of nitrogens with one attached hydrogen (secondary N) is 1. The molecule has 1 unspecified atom stereocenters. The van der Waals surface area contributed by atoms with Gasteiger partial charge in [-0.15, -0.1) is 0 Å². The maximum Gasteiger partial charge on any atom is 0.408 e. The molecule has 0 aromatic carbocycles. The van der Waals surface area contributed by atoms with Crippen LogP contribution in [0.3, 0.4) is 0 Å². The van der Waals surface area contributed by atoms with Crippen molar-refractivity contribution in [3.8, 4) is 0 Å². The Morgan fingerprint density at radius 1 is 1.47 bits per heavy atom. The van der Waals surface area contributed by atoms with Gasteiger partial charge >= 0.3 is 12.1 Å². The molecule has 0 aromatic heterocycles. The molecule has 0 aliphatic heterocycles. The van der Waals surface area contributed by atoms with Gasteiger partial charge in [-0.25, -0.2) is 4.79 Å². The number of hydrogen-bond acceptors (Lipinski definition) is 3. The normalized spacial score (nSPS) is 16.5. The molecule has 5 heteroatoms. The van der Waals surface area contributed by atoms with E-state index in [0.717, 1.165) is 18.4 Å². The third-order valence-electron chi connectivity index (χ3n) is 2.56. The molecule has 0 saturated heterocycles. The second kappa shape index (κ2) is 6.41. The zero-order valence-electron chi connectivity index (χ0n) is 11.6. The Morgan fingerprint density at radius 3 is 2.63 bits per heavy atom. The van der Waals surface area contributed by atoms with E-state index in [1.165, 1.54) is 0 Å². The molecule has 1 amide bonds. The minimum absolute atomic E-state index is 0.140. The van der Waals surface area contributed by atoms with E-state index in [-0.39, 0.29) is 6.42 Å². The number of allylic oxidation sites excluding steroid dienone is 3. The van der Waals surface area contributed by atoms with Gasteiger partial charge in [-0.1, -0.05) is 18.2 Å². The average Bonchev–Trinajstić information content (AvgIpc) is 2.26. The quantitative estimate of drug-likeness (QED) is 0.821. The first-order valence-corrected chi connectivity index (χ1v) is 6.35. The van der Waals surface area contributed by atoms with Gasteiger partial charge in [0.25, 0.3) is 0 Å². The van der Waals surface area contributed by atoms with E-state index in [1.807, 2.05) is 18.2 Å². The van der Waals surface area contributed by atoms with Crippen LogP contribution in [0.15, 0.2) is 23.8 Å². The zero-order chi connectivity index (χ0) is 14.5. The van der Waals surface area contributed by atoms with Crippen molar-refractivity contribution in [1.29, 1.82) is 0 Å². The van der Waals surface area contributed by atoms with Crippen LogP contribution >= 0.6 is 0 Å². The number of ether oxygens (including phenoxy) is 1. The number of rotatable bonds is 4. The first kappa shape index (κ1) is 15.3. The van der Waals surface area contributed by atoms with Crippen molar-refractivity contribution in [2.45, 2.75) is 51.7 Å². The van der Waals surface area contributed by atoms with Crippen LogP contribution in [0.5, 0.6) is 0 Å². The fourth-order valence-corrected chi connectivity index (χ4v) is 1.81. The van der Waals surface area contributed by atoms with Crippen molar-refractivity contribution in [2.75, 3.05) is 0 Å². The molecule has 106 valence electrons. The molecular weight excluding hydrogens is 246 g/mol. The smallest absolute Gasteiger partial charge is 0.408 e. The molecule has 1 rings (SSSR count). The summed E-state index contributed by atoms with van der Waals surface area (Å²) in [6.07, 6.45) is 6.63. The summed E-state index contributed by atoms with van der Waals surface area (Å²) < 4.78 is 5.15. The third-order valence-corrected chi connectivity index (χ3v) is 2.56. The van der Waals surface area contributed by atoms with Crippen molar-refractivity contribution in [2.24, 2.45) is 0 Å². The van der Waals surface area contributed by atoms with Gasteiger partial charge in [0.2, 0.25) is 0 Å². The van der Waals surface area contributed by atoms with E-state index in [4.69, 9.17) is 9.84 Å². The molecule has 0 fully saturated rings. The second-order valence-corrected chi connectivity index (χ2v) is 5.51. The summed E-state index contributed by atoms with van der Waals surface area (Å²) in [5.41, 5.74) is 0.314. The van der Waals surface area contributed by atoms with Crippen molar-refractivity contribution >= 4 is 12.1 Å². The first-order chi connectivity index (χ1) is 8.78. The van der Waals surface area contributed by atoms with Crippen LogP contribution in [0.1, 0.15) is 40.0 Å². The molecule has 5 nitrogen and oxygen atoms in total. The van der Waals surface area contributed by atoms with Gasteiger partial charge in [0.1, 0.15) is 5.60 Å². The lowest BCUT2D eigenvalue weighted by Gasteiger charge is -2.25. The second-order valence-electron chi connectivity index (χ2n) is 5.51. The highest BCUT2D eigenvalue weighted by Crippen LogP contribution is 2.18. The largest absolute Gasteiger partial charge is 0.481 e. The number of amides is 1. The van der Waals surface area contributed by atoms with Gasteiger partial charge < -0.3 is 15.2 Å². The molecule has 0 aromatic rings. The Bertz CT molecular complexity index is 404. The number of alkyl carbamates (subject to hydrolysis) is 1. The molecule has 0 bridgehead atoms. The summed E-state index contributed by atoms with van der Waals surface area (Å²) >= 11 is 0. The molecule has 19 heavy (non-hydrogen) atoms. The Hall–Kier alpha value is -1.78. The minimum atomic E-state index is -0.948. The van der Waals surface area contributed by atoms with Gasteiger partial charge in [0.15, 0.2) is 0 Å². The fourth-order valence-electron chi connectivity index (χ4n) is 1.81. The molecule has 0 heterocycles. The highest BCUT2D eigenvalue weighted by molar-refractivity contribution is 5.72. The number of aliphatic carboxylic acids is 1. The Balaban J connectivity index is 2.69. The topological polar surface area (TPSA) is 75.6 Å². The number of carboxylic acid groups (broad SMARTS) is 1. The lowest BCUT2D eigenvalue weighted by Crippen LogP contribution is -2.41. The molecule has 1 aliphatic rings. The predicted molar refractivity (Wildman–Crippen MR) is 71.9 cm³/mol. The maximum absolute atomic E-state index is 11.7. The van der Waals surface area contributed by atoms with Crippen LogP contribution in [-0.4, -0.2) is 28.8 Å². The average molecular weight is 267 g/mol. The SMILES string of the molecule is CC(C)(C)OC(=O)NC(CC(=O)O)C1=CC=CCC1. The number of hydrogen-bond donors (Lipinski definition) is 2.